The number of hydrogen-bond donors (Lipinski definition) is 2. The van der Waals surface area contributed by atoms with Crippen molar-refractivity contribution < 1.29 is 29.0 Å². The summed E-state index contributed by atoms with van der Waals surface area (Å²) in [5.41, 5.74) is 0. The number of amides is 2. The van der Waals surface area contributed by atoms with Gasteiger partial charge in [-0.1, -0.05) is 0 Å². The normalized spacial score (nSPS) is 20.1. The van der Waals surface area contributed by atoms with Crippen LogP contribution in [0.4, 0.5) is 4.79 Å². The Morgan fingerprint density at radius 3 is 2.75 bits per heavy atom. The largest absolute Gasteiger partial charge is 0.480 e. The number of nitrogens with one attached hydrogen (secondary N) is 1. The maximum atomic E-state index is 12.0. The van der Waals surface area contributed by atoms with Gasteiger partial charge in [-0.15, -0.1) is 0 Å². The average Bonchev–Trinajstić information content (AvgIpc) is 2.42. The zero-order chi connectivity index (χ0) is 15.1. The number of carboxylic acid groups (broad SMARTS) is 1. The van der Waals surface area contributed by atoms with Crippen LogP contribution in [0.2, 0.25) is 0 Å². The minimum absolute atomic E-state index is 0.00631. The summed E-state index contributed by atoms with van der Waals surface area (Å²) in [6, 6.07) is -1.57. The van der Waals surface area contributed by atoms with Crippen molar-refractivity contribution in [2.45, 2.75) is 31.9 Å². The number of urea groups is 1. The fourth-order valence-electron chi connectivity index (χ4n) is 1.86. The van der Waals surface area contributed by atoms with Crippen LogP contribution < -0.4 is 5.32 Å². The van der Waals surface area contributed by atoms with E-state index >= 15 is 0 Å². The van der Waals surface area contributed by atoms with Crippen LogP contribution in [0.15, 0.2) is 0 Å². The molecule has 8 heteroatoms. The second-order valence-electron chi connectivity index (χ2n) is 4.58. The van der Waals surface area contributed by atoms with Gasteiger partial charge in [0.2, 0.25) is 0 Å². The van der Waals surface area contributed by atoms with Crippen molar-refractivity contribution in [2.24, 2.45) is 0 Å². The molecule has 0 bridgehead atoms. The molecular formula is C12H20N2O6. The van der Waals surface area contributed by atoms with Gasteiger partial charge in [0.15, 0.2) is 0 Å². The Kier molecular flexibility index (Phi) is 6.23. The molecule has 0 aromatic rings. The molecule has 20 heavy (non-hydrogen) atoms. The van der Waals surface area contributed by atoms with Gasteiger partial charge in [0, 0.05) is 19.5 Å². The zero-order valence-electron chi connectivity index (χ0n) is 11.6. The van der Waals surface area contributed by atoms with Gasteiger partial charge >= 0.3 is 18.0 Å². The van der Waals surface area contributed by atoms with E-state index in [1.807, 2.05) is 6.92 Å². The van der Waals surface area contributed by atoms with Gasteiger partial charge in [-0.3, -0.25) is 4.79 Å². The third-order valence-electron chi connectivity index (χ3n) is 2.99. The number of esters is 1. The second kappa shape index (κ2) is 7.68. The number of hydrogen-bond acceptors (Lipinski definition) is 5. The van der Waals surface area contributed by atoms with Crippen molar-refractivity contribution in [3.8, 4) is 0 Å². The Morgan fingerprint density at radius 1 is 1.50 bits per heavy atom. The van der Waals surface area contributed by atoms with Crippen molar-refractivity contribution in [2.75, 3.05) is 26.8 Å². The van der Waals surface area contributed by atoms with E-state index in [9.17, 15) is 14.4 Å². The van der Waals surface area contributed by atoms with Crippen LogP contribution in [-0.2, 0) is 19.1 Å². The molecule has 8 nitrogen and oxygen atoms in total. The summed E-state index contributed by atoms with van der Waals surface area (Å²) in [5, 5.41) is 11.5. The Labute approximate surface area is 117 Å². The number of nitrogens with zero attached hydrogens (tertiary/aromatic N) is 1. The lowest BCUT2D eigenvalue weighted by atomic mass is 10.1. The van der Waals surface area contributed by atoms with Gasteiger partial charge < -0.3 is 24.8 Å². The zero-order valence-corrected chi connectivity index (χ0v) is 11.6. The van der Waals surface area contributed by atoms with E-state index in [1.165, 1.54) is 12.0 Å². The number of methoxy groups -OCH3 is 1. The van der Waals surface area contributed by atoms with Crippen LogP contribution in [0.5, 0.6) is 0 Å². The molecule has 1 aliphatic heterocycles. The molecule has 2 amide bonds. The standard InChI is InChI=1S/C12H20N2O6/c1-8-7-14(5-6-20-8)12(18)13-9(11(16)17)3-4-10(15)19-2/h8-9H,3-7H2,1-2H3,(H,13,18)(H,16,17)/t8?,9-/m0/s1. The van der Waals surface area contributed by atoms with Gasteiger partial charge in [-0.2, -0.15) is 0 Å². The minimum Gasteiger partial charge on any atom is -0.480 e. The fourth-order valence-corrected chi connectivity index (χ4v) is 1.86. The van der Waals surface area contributed by atoms with E-state index in [-0.39, 0.29) is 18.9 Å². The van der Waals surface area contributed by atoms with Gasteiger partial charge in [0.1, 0.15) is 6.04 Å². The van der Waals surface area contributed by atoms with Crippen molar-refractivity contribution in [1.82, 2.24) is 10.2 Å². The third-order valence-corrected chi connectivity index (χ3v) is 2.99. The van der Waals surface area contributed by atoms with E-state index in [1.54, 1.807) is 0 Å². The number of carbonyl (C=O) groups is 3. The molecule has 1 saturated heterocycles. The summed E-state index contributed by atoms with van der Waals surface area (Å²) in [7, 11) is 1.23. The quantitative estimate of drug-likeness (QED) is 0.680. The maximum Gasteiger partial charge on any atom is 0.326 e. The Hall–Kier alpha value is -1.83. The first-order chi connectivity index (χ1) is 9.43. The number of ether oxygens (including phenoxy) is 2. The summed E-state index contributed by atoms with van der Waals surface area (Å²) < 4.78 is 9.75. The highest BCUT2D eigenvalue weighted by molar-refractivity contribution is 5.83. The first-order valence-corrected chi connectivity index (χ1v) is 6.40. The second-order valence-corrected chi connectivity index (χ2v) is 4.58. The topological polar surface area (TPSA) is 105 Å². The molecule has 2 N–H and O–H groups in total. The first-order valence-electron chi connectivity index (χ1n) is 6.40. The lowest BCUT2D eigenvalue weighted by molar-refractivity contribution is -0.142. The van der Waals surface area contributed by atoms with Gasteiger partial charge in [-0.05, 0) is 13.3 Å². The highest BCUT2D eigenvalue weighted by atomic mass is 16.5. The molecule has 0 spiro atoms. The van der Waals surface area contributed by atoms with E-state index in [4.69, 9.17) is 9.84 Å². The first kappa shape index (κ1) is 16.2. The SMILES string of the molecule is COC(=O)CC[C@H](NC(=O)N1CCOC(C)C1)C(=O)O. The van der Waals surface area contributed by atoms with E-state index in [2.05, 4.69) is 10.1 Å². The van der Waals surface area contributed by atoms with Crippen LogP contribution in [0, 0.1) is 0 Å². The summed E-state index contributed by atoms with van der Waals surface area (Å²) in [4.78, 5) is 35.5. The van der Waals surface area contributed by atoms with Crippen LogP contribution in [0.1, 0.15) is 19.8 Å². The predicted octanol–water partition coefficient (Wildman–Crippen LogP) is -0.177. The highest BCUT2D eigenvalue weighted by Crippen LogP contribution is 2.06. The molecular weight excluding hydrogens is 268 g/mol. The molecule has 0 aliphatic carbocycles. The van der Waals surface area contributed by atoms with Crippen molar-refractivity contribution in [3.63, 3.8) is 0 Å². The monoisotopic (exact) mass is 288 g/mol. The molecule has 0 saturated carbocycles. The number of rotatable bonds is 5. The van der Waals surface area contributed by atoms with Gasteiger partial charge in [0.05, 0.1) is 19.8 Å². The molecule has 1 unspecified atom stereocenters. The van der Waals surface area contributed by atoms with Crippen LogP contribution in [-0.4, -0.2) is 66.9 Å². The van der Waals surface area contributed by atoms with Gasteiger partial charge in [-0.25, -0.2) is 9.59 Å². The molecule has 1 rings (SSSR count). The molecule has 1 heterocycles. The maximum absolute atomic E-state index is 12.0. The summed E-state index contributed by atoms with van der Waals surface area (Å²) in [6.45, 7) is 3.09. The Bertz CT molecular complexity index is 373. The predicted molar refractivity (Wildman–Crippen MR) is 68.2 cm³/mol. The van der Waals surface area contributed by atoms with Crippen molar-refractivity contribution in [3.05, 3.63) is 0 Å². The molecule has 114 valence electrons. The minimum atomic E-state index is -1.18. The van der Waals surface area contributed by atoms with Crippen molar-refractivity contribution in [1.29, 1.82) is 0 Å². The lowest BCUT2D eigenvalue weighted by Crippen LogP contribution is -2.52. The average molecular weight is 288 g/mol. The number of aliphatic carboxylic acids is 1. The summed E-state index contributed by atoms with van der Waals surface area (Å²) in [6.07, 6.45) is -0.145. The molecule has 2 atom stereocenters. The van der Waals surface area contributed by atoms with Gasteiger partial charge in [0.25, 0.3) is 0 Å². The van der Waals surface area contributed by atoms with Crippen molar-refractivity contribution >= 4 is 18.0 Å². The number of morpholine rings is 1. The van der Waals surface area contributed by atoms with Crippen LogP contribution in [0.3, 0.4) is 0 Å². The number of carboxylic acids is 1. The molecule has 1 fully saturated rings. The smallest absolute Gasteiger partial charge is 0.326 e. The van der Waals surface area contributed by atoms with Crippen LogP contribution >= 0.6 is 0 Å². The molecule has 0 radical (unpaired) electrons. The molecule has 0 aromatic heterocycles. The summed E-state index contributed by atoms with van der Waals surface area (Å²) >= 11 is 0. The Morgan fingerprint density at radius 2 is 2.20 bits per heavy atom. The Balaban J connectivity index is 2.49. The molecule has 1 aliphatic rings. The number of carbonyl (C=O) groups excluding carboxylic acids is 2. The van der Waals surface area contributed by atoms with Crippen LogP contribution in [0.25, 0.3) is 0 Å². The fraction of sp³-hybridized carbons (Fsp3) is 0.750. The summed E-state index contributed by atoms with van der Waals surface area (Å²) in [5.74, 6) is -1.69. The third kappa shape index (κ3) is 5.04. The lowest BCUT2D eigenvalue weighted by Gasteiger charge is -2.32. The van der Waals surface area contributed by atoms with E-state index in [0.717, 1.165) is 0 Å². The highest BCUT2D eigenvalue weighted by Gasteiger charge is 2.26. The van der Waals surface area contributed by atoms with E-state index < -0.39 is 24.0 Å². The van der Waals surface area contributed by atoms with E-state index in [0.29, 0.717) is 19.7 Å². The molecule has 0 aromatic carbocycles.